The van der Waals surface area contributed by atoms with Crippen molar-refractivity contribution in [1.29, 1.82) is 0 Å². The molecule has 0 aliphatic carbocycles. The number of thiocarbonyl (C=S) groups is 1. The molecular weight excluding hydrogens is 264 g/mol. The number of thiazole rings is 1. The SMILES string of the molecule is CC(C)c1csc(Nc2ccnc(C(N)=S)c2)n1. The Labute approximate surface area is 115 Å². The number of hydrogen-bond acceptors (Lipinski definition) is 5. The molecule has 3 N–H and O–H groups in total. The fraction of sp³-hybridized carbons (Fsp3) is 0.250. The van der Waals surface area contributed by atoms with Gasteiger partial charge in [0.05, 0.1) is 11.4 Å². The number of nitrogens with one attached hydrogen (secondary N) is 1. The molecule has 2 aromatic rings. The van der Waals surface area contributed by atoms with E-state index in [1.165, 1.54) is 0 Å². The maximum Gasteiger partial charge on any atom is 0.187 e. The molecule has 0 fully saturated rings. The fourth-order valence-electron chi connectivity index (χ4n) is 1.38. The van der Waals surface area contributed by atoms with E-state index in [9.17, 15) is 0 Å². The van der Waals surface area contributed by atoms with E-state index in [1.54, 1.807) is 17.5 Å². The highest BCUT2D eigenvalue weighted by molar-refractivity contribution is 7.80. The Morgan fingerprint density at radius 2 is 2.28 bits per heavy atom. The molecule has 0 aliphatic heterocycles. The molecule has 0 atom stereocenters. The van der Waals surface area contributed by atoms with Gasteiger partial charge in [-0.05, 0) is 18.1 Å². The van der Waals surface area contributed by atoms with Gasteiger partial charge in [0, 0.05) is 17.3 Å². The highest BCUT2D eigenvalue weighted by Gasteiger charge is 2.06. The van der Waals surface area contributed by atoms with Gasteiger partial charge in [-0.2, -0.15) is 0 Å². The third-order valence-electron chi connectivity index (χ3n) is 2.38. The molecule has 0 bridgehead atoms. The lowest BCUT2D eigenvalue weighted by Crippen LogP contribution is -2.11. The average Bonchev–Trinajstić information content (AvgIpc) is 2.78. The van der Waals surface area contributed by atoms with Crippen LogP contribution in [-0.4, -0.2) is 15.0 Å². The number of aromatic nitrogens is 2. The molecular formula is C12H14N4S2. The second-order valence-corrected chi connectivity index (χ2v) is 5.45. The van der Waals surface area contributed by atoms with E-state index in [2.05, 4.69) is 34.5 Å². The van der Waals surface area contributed by atoms with Crippen molar-refractivity contribution in [2.45, 2.75) is 19.8 Å². The molecule has 0 unspecified atom stereocenters. The van der Waals surface area contributed by atoms with Crippen molar-refractivity contribution in [3.63, 3.8) is 0 Å². The summed E-state index contributed by atoms with van der Waals surface area (Å²) in [4.78, 5) is 8.89. The molecule has 18 heavy (non-hydrogen) atoms. The first-order chi connectivity index (χ1) is 8.56. The molecule has 0 radical (unpaired) electrons. The van der Waals surface area contributed by atoms with Crippen molar-refractivity contribution in [2.75, 3.05) is 5.32 Å². The molecule has 94 valence electrons. The van der Waals surface area contributed by atoms with Crippen molar-refractivity contribution in [3.8, 4) is 0 Å². The Balaban J connectivity index is 2.17. The molecule has 0 aromatic carbocycles. The van der Waals surface area contributed by atoms with Crippen LogP contribution in [-0.2, 0) is 0 Å². The zero-order chi connectivity index (χ0) is 13.1. The Kier molecular flexibility index (Phi) is 3.88. The van der Waals surface area contributed by atoms with E-state index < -0.39 is 0 Å². The topological polar surface area (TPSA) is 63.8 Å². The first-order valence-corrected chi connectivity index (χ1v) is 6.83. The van der Waals surface area contributed by atoms with Gasteiger partial charge in [-0.25, -0.2) is 4.98 Å². The van der Waals surface area contributed by atoms with Gasteiger partial charge in [0.15, 0.2) is 5.13 Å². The van der Waals surface area contributed by atoms with Crippen LogP contribution in [0.15, 0.2) is 23.7 Å². The summed E-state index contributed by atoms with van der Waals surface area (Å²) in [6.45, 7) is 4.24. The first-order valence-electron chi connectivity index (χ1n) is 5.54. The lowest BCUT2D eigenvalue weighted by Gasteiger charge is -2.04. The molecule has 2 rings (SSSR count). The molecule has 0 spiro atoms. The van der Waals surface area contributed by atoms with E-state index in [0.29, 0.717) is 16.6 Å². The molecule has 2 heterocycles. The van der Waals surface area contributed by atoms with E-state index in [4.69, 9.17) is 18.0 Å². The lowest BCUT2D eigenvalue weighted by atomic mass is 10.2. The van der Waals surface area contributed by atoms with E-state index in [1.807, 2.05) is 12.1 Å². The Morgan fingerprint density at radius 3 is 2.89 bits per heavy atom. The Morgan fingerprint density at radius 1 is 1.50 bits per heavy atom. The molecule has 0 saturated carbocycles. The third-order valence-corrected chi connectivity index (χ3v) is 3.36. The lowest BCUT2D eigenvalue weighted by molar-refractivity contribution is 0.834. The second-order valence-electron chi connectivity index (χ2n) is 4.15. The minimum atomic E-state index is 0.292. The summed E-state index contributed by atoms with van der Waals surface area (Å²) in [6, 6.07) is 3.68. The van der Waals surface area contributed by atoms with Crippen molar-refractivity contribution in [1.82, 2.24) is 9.97 Å². The highest BCUT2D eigenvalue weighted by atomic mass is 32.1. The summed E-state index contributed by atoms with van der Waals surface area (Å²) < 4.78 is 0. The normalized spacial score (nSPS) is 10.6. The van der Waals surface area contributed by atoms with Crippen molar-refractivity contribution in [3.05, 3.63) is 35.1 Å². The number of pyridine rings is 1. The Bertz CT molecular complexity index is 563. The minimum absolute atomic E-state index is 0.292. The summed E-state index contributed by atoms with van der Waals surface area (Å²) in [6.07, 6.45) is 1.67. The maximum absolute atomic E-state index is 5.55. The van der Waals surface area contributed by atoms with Crippen LogP contribution in [0.4, 0.5) is 10.8 Å². The van der Waals surface area contributed by atoms with Gasteiger partial charge in [-0.3, -0.25) is 4.98 Å². The van der Waals surface area contributed by atoms with Crippen LogP contribution >= 0.6 is 23.6 Å². The second kappa shape index (κ2) is 5.41. The Hall–Kier alpha value is -1.53. The first kappa shape index (κ1) is 12.9. The summed E-state index contributed by atoms with van der Waals surface area (Å²) in [5.41, 5.74) is 8.13. The van der Waals surface area contributed by atoms with Crippen molar-refractivity contribution >= 4 is 39.4 Å². The van der Waals surface area contributed by atoms with Gasteiger partial charge in [-0.1, -0.05) is 26.1 Å². The van der Waals surface area contributed by atoms with Gasteiger partial charge in [0.1, 0.15) is 4.99 Å². The van der Waals surface area contributed by atoms with Gasteiger partial charge >= 0.3 is 0 Å². The number of nitrogens with two attached hydrogens (primary N) is 1. The highest BCUT2D eigenvalue weighted by Crippen LogP contribution is 2.24. The van der Waals surface area contributed by atoms with Crippen molar-refractivity contribution < 1.29 is 0 Å². The van der Waals surface area contributed by atoms with Gasteiger partial charge in [0.25, 0.3) is 0 Å². The van der Waals surface area contributed by atoms with Crippen LogP contribution in [0.25, 0.3) is 0 Å². The minimum Gasteiger partial charge on any atom is -0.388 e. The monoisotopic (exact) mass is 278 g/mol. The number of hydrogen-bond donors (Lipinski definition) is 2. The largest absolute Gasteiger partial charge is 0.388 e. The number of nitrogens with zero attached hydrogens (tertiary/aromatic N) is 2. The zero-order valence-electron chi connectivity index (χ0n) is 10.2. The van der Waals surface area contributed by atoms with Crippen LogP contribution in [0.5, 0.6) is 0 Å². The maximum atomic E-state index is 5.55. The van der Waals surface area contributed by atoms with Crippen molar-refractivity contribution in [2.24, 2.45) is 5.73 Å². The molecule has 4 nitrogen and oxygen atoms in total. The van der Waals surface area contributed by atoms with Crippen LogP contribution in [0.1, 0.15) is 31.2 Å². The summed E-state index contributed by atoms with van der Waals surface area (Å²) in [5, 5.41) is 6.14. The smallest absolute Gasteiger partial charge is 0.187 e. The summed E-state index contributed by atoms with van der Waals surface area (Å²) in [5.74, 6) is 0.432. The quantitative estimate of drug-likeness (QED) is 0.842. The van der Waals surface area contributed by atoms with E-state index >= 15 is 0 Å². The van der Waals surface area contributed by atoms with Crippen LogP contribution in [0, 0.1) is 0 Å². The predicted octanol–water partition coefficient (Wildman–Crippen LogP) is 3.04. The van der Waals surface area contributed by atoms with Gasteiger partial charge < -0.3 is 11.1 Å². The number of rotatable bonds is 4. The fourth-order valence-corrected chi connectivity index (χ4v) is 2.38. The zero-order valence-corrected chi connectivity index (χ0v) is 11.8. The van der Waals surface area contributed by atoms with Crippen LogP contribution in [0.3, 0.4) is 0 Å². The van der Waals surface area contributed by atoms with Gasteiger partial charge in [0.2, 0.25) is 0 Å². The van der Waals surface area contributed by atoms with Crippen LogP contribution < -0.4 is 11.1 Å². The van der Waals surface area contributed by atoms with Crippen LogP contribution in [0.2, 0.25) is 0 Å². The third kappa shape index (κ3) is 3.02. The standard InChI is InChI=1S/C12H14N4S2/c1-7(2)10-6-18-12(16-10)15-8-3-4-14-9(5-8)11(13)17/h3-7H,1-2H3,(H2,13,17)(H,14,15,16). The van der Waals surface area contributed by atoms with E-state index in [-0.39, 0.29) is 0 Å². The molecule has 0 saturated heterocycles. The molecule has 0 amide bonds. The summed E-state index contributed by atoms with van der Waals surface area (Å²) >= 11 is 6.48. The molecule has 6 heteroatoms. The van der Waals surface area contributed by atoms with E-state index in [0.717, 1.165) is 16.5 Å². The summed E-state index contributed by atoms with van der Waals surface area (Å²) in [7, 11) is 0. The predicted molar refractivity (Wildman–Crippen MR) is 79.6 cm³/mol. The number of anilines is 2. The molecule has 0 aliphatic rings. The van der Waals surface area contributed by atoms with Gasteiger partial charge in [-0.15, -0.1) is 11.3 Å². The molecule has 2 aromatic heterocycles. The average molecular weight is 278 g/mol.